The molecule has 33 heavy (non-hydrogen) atoms. The molecule has 0 heterocycles. The highest BCUT2D eigenvalue weighted by molar-refractivity contribution is 6.37. The minimum absolute atomic E-state index is 0.103. The number of amides is 1. The van der Waals surface area contributed by atoms with E-state index in [1.807, 2.05) is 6.92 Å². The third-order valence-electron chi connectivity index (χ3n) is 4.40. The number of carbonyl (C=O) groups is 1. The lowest BCUT2D eigenvalue weighted by molar-refractivity contribution is 0.0954. The zero-order valence-corrected chi connectivity index (χ0v) is 19.4. The van der Waals surface area contributed by atoms with Crippen LogP contribution in [0.1, 0.15) is 28.4 Å². The second kappa shape index (κ2) is 11.5. The lowest BCUT2D eigenvalue weighted by Crippen LogP contribution is -2.17. The summed E-state index contributed by atoms with van der Waals surface area (Å²) in [6, 6.07) is 14.0. The number of ether oxygens (including phenoxy) is 3. The number of hydrazone groups is 1. The maximum absolute atomic E-state index is 13.3. The summed E-state index contributed by atoms with van der Waals surface area (Å²) in [5, 5.41) is 4.46. The average Bonchev–Trinajstić information content (AvgIpc) is 2.78. The number of nitrogens with one attached hydrogen (secondary N) is 1. The number of hydrogen-bond donors (Lipinski definition) is 1. The molecule has 1 amide bonds. The number of methoxy groups -OCH3 is 1. The van der Waals surface area contributed by atoms with Gasteiger partial charge in [0.1, 0.15) is 12.4 Å². The fourth-order valence-corrected chi connectivity index (χ4v) is 3.50. The second-order valence-electron chi connectivity index (χ2n) is 6.73. The Bertz CT molecular complexity index is 1150. The van der Waals surface area contributed by atoms with E-state index >= 15 is 0 Å². The van der Waals surface area contributed by atoms with E-state index in [1.165, 1.54) is 25.5 Å². The van der Waals surface area contributed by atoms with Crippen LogP contribution in [0.2, 0.25) is 10.0 Å². The van der Waals surface area contributed by atoms with Gasteiger partial charge in [0.15, 0.2) is 17.2 Å². The number of benzene rings is 3. The van der Waals surface area contributed by atoms with Gasteiger partial charge in [-0.15, -0.1) is 0 Å². The van der Waals surface area contributed by atoms with Gasteiger partial charge in [-0.3, -0.25) is 4.79 Å². The van der Waals surface area contributed by atoms with Gasteiger partial charge in [-0.1, -0.05) is 35.3 Å². The lowest BCUT2D eigenvalue weighted by Gasteiger charge is -2.11. The molecule has 3 aromatic rings. The van der Waals surface area contributed by atoms with Gasteiger partial charge in [-0.2, -0.15) is 5.10 Å². The fourth-order valence-electron chi connectivity index (χ4n) is 2.89. The van der Waals surface area contributed by atoms with Crippen LogP contribution in [0, 0.1) is 5.82 Å². The second-order valence-corrected chi connectivity index (χ2v) is 7.54. The highest BCUT2D eigenvalue weighted by Crippen LogP contribution is 2.34. The Morgan fingerprint density at radius 2 is 1.82 bits per heavy atom. The summed E-state index contributed by atoms with van der Waals surface area (Å²) in [6.45, 7) is 2.37. The molecule has 0 aliphatic heterocycles. The lowest BCUT2D eigenvalue weighted by atomic mass is 10.2. The van der Waals surface area contributed by atoms with Gasteiger partial charge < -0.3 is 14.2 Å². The number of rotatable bonds is 9. The van der Waals surface area contributed by atoms with Crippen molar-refractivity contribution in [2.75, 3.05) is 13.7 Å². The summed E-state index contributed by atoms with van der Waals surface area (Å²) in [6.07, 6.45) is 1.40. The standard InChI is InChI=1S/C24H21Cl2FN2O4/c1-3-32-22-12-17(7-8-21(22)31-2)24(30)29-28-13-16-10-19(25)23(20(26)11-16)33-14-15-5-4-6-18(27)9-15/h4-13H,3,14H2,1-2H3,(H,29,30)/b28-13+. The first-order chi connectivity index (χ1) is 15.9. The molecule has 0 atom stereocenters. The molecule has 0 saturated carbocycles. The Hall–Kier alpha value is -3.29. The molecule has 0 saturated heterocycles. The molecule has 0 aromatic heterocycles. The summed E-state index contributed by atoms with van der Waals surface area (Å²) < 4.78 is 29.7. The van der Waals surface area contributed by atoms with E-state index in [4.69, 9.17) is 37.4 Å². The summed E-state index contributed by atoms with van der Waals surface area (Å²) in [4.78, 5) is 12.4. The summed E-state index contributed by atoms with van der Waals surface area (Å²) in [5.41, 5.74) is 3.99. The van der Waals surface area contributed by atoms with Crippen molar-refractivity contribution < 1.29 is 23.4 Å². The molecule has 3 aromatic carbocycles. The molecule has 0 bridgehead atoms. The Balaban J connectivity index is 1.65. The third kappa shape index (κ3) is 6.60. The van der Waals surface area contributed by atoms with Gasteiger partial charge in [0.25, 0.3) is 5.91 Å². The van der Waals surface area contributed by atoms with Crippen LogP contribution in [0.3, 0.4) is 0 Å². The van der Waals surface area contributed by atoms with Crippen molar-refractivity contribution in [1.82, 2.24) is 5.43 Å². The van der Waals surface area contributed by atoms with E-state index < -0.39 is 5.91 Å². The quantitative estimate of drug-likeness (QED) is 0.300. The van der Waals surface area contributed by atoms with E-state index in [-0.39, 0.29) is 28.2 Å². The Morgan fingerprint density at radius 1 is 1.06 bits per heavy atom. The average molecular weight is 491 g/mol. The minimum Gasteiger partial charge on any atom is -0.493 e. The minimum atomic E-state index is -0.429. The summed E-state index contributed by atoms with van der Waals surface area (Å²) >= 11 is 12.6. The van der Waals surface area contributed by atoms with E-state index in [0.717, 1.165) is 0 Å². The predicted octanol–water partition coefficient (Wildman–Crippen LogP) is 5.88. The zero-order chi connectivity index (χ0) is 23.8. The number of hydrogen-bond acceptors (Lipinski definition) is 5. The van der Waals surface area contributed by atoms with Crippen molar-refractivity contribution >= 4 is 35.3 Å². The molecule has 0 radical (unpaired) electrons. The van der Waals surface area contributed by atoms with Crippen LogP contribution in [0.4, 0.5) is 4.39 Å². The largest absolute Gasteiger partial charge is 0.493 e. The van der Waals surface area contributed by atoms with E-state index in [9.17, 15) is 9.18 Å². The number of nitrogens with zero attached hydrogens (tertiary/aromatic N) is 1. The Labute approximate surface area is 200 Å². The van der Waals surface area contributed by atoms with Crippen molar-refractivity contribution in [1.29, 1.82) is 0 Å². The van der Waals surface area contributed by atoms with Gasteiger partial charge in [0.2, 0.25) is 0 Å². The Morgan fingerprint density at radius 3 is 2.48 bits per heavy atom. The first-order valence-corrected chi connectivity index (χ1v) is 10.7. The number of carbonyl (C=O) groups excluding carboxylic acids is 1. The van der Waals surface area contributed by atoms with Gasteiger partial charge >= 0.3 is 0 Å². The fraction of sp³-hybridized carbons (Fsp3) is 0.167. The molecule has 0 fully saturated rings. The van der Waals surface area contributed by atoms with Gasteiger partial charge in [0.05, 0.1) is 30.0 Å². The van der Waals surface area contributed by atoms with Crippen LogP contribution < -0.4 is 19.6 Å². The molecule has 9 heteroatoms. The van der Waals surface area contributed by atoms with E-state index in [1.54, 1.807) is 42.5 Å². The van der Waals surface area contributed by atoms with Crippen molar-refractivity contribution in [2.45, 2.75) is 13.5 Å². The van der Waals surface area contributed by atoms with Gasteiger partial charge in [-0.25, -0.2) is 9.82 Å². The smallest absolute Gasteiger partial charge is 0.271 e. The summed E-state index contributed by atoms with van der Waals surface area (Å²) in [7, 11) is 1.52. The molecule has 0 unspecified atom stereocenters. The highest BCUT2D eigenvalue weighted by Gasteiger charge is 2.12. The van der Waals surface area contributed by atoms with Gasteiger partial charge in [-0.05, 0) is 60.5 Å². The monoisotopic (exact) mass is 490 g/mol. The SMILES string of the molecule is CCOc1cc(C(=O)N/N=C/c2cc(Cl)c(OCc3cccc(F)c3)c(Cl)c2)ccc1OC. The van der Waals surface area contributed by atoms with Crippen LogP contribution in [0.5, 0.6) is 17.2 Å². The maximum Gasteiger partial charge on any atom is 0.271 e. The third-order valence-corrected chi connectivity index (χ3v) is 4.96. The van der Waals surface area contributed by atoms with Crippen LogP contribution in [-0.2, 0) is 6.61 Å². The number of halogens is 3. The summed E-state index contributed by atoms with van der Waals surface area (Å²) in [5.74, 6) is 0.475. The van der Waals surface area contributed by atoms with Crippen LogP contribution in [0.25, 0.3) is 0 Å². The van der Waals surface area contributed by atoms with Crippen molar-refractivity contribution in [2.24, 2.45) is 5.10 Å². The molecule has 1 N–H and O–H groups in total. The van der Waals surface area contributed by atoms with Crippen LogP contribution in [-0.4, -0.2) is 25.8 Å². The first-order valence-electron chi connectivity index (χ1n) is 9.91. The van der Waals surface area contributed by atoms with Crippen molar-refractivity contribution in [3.05, 3.63) is 87.2 Å². The van der Waals surface area contributed by atoms with Crippen LogP contribution >= 0.6 is 23.2 Å². The molecule has 6 nitrogen and oxygen atoms in total. The van der Waals surface area contributed by atoms with Crippen LogP contribution in [0.15, 0.2) is 59.7 Å². The maximum atomic E-state index is 13.3. The molecule has 3 rings (SSSR count). The molecule has 0 aliphatic carbocycles. The first kappa shape index (κ1) is 24.4. The van der Waals surface area contributed by atoms with Crippen molar-refractivity contribution in [3.63, 3.8) is 0 Å². The topological polar surface area (TPSA) is 69.2 Å². The normalized spacial score (nSPS) is 10.8. The molecule has 0 spiro atoms. The van der Waals surface area contributed by atoms with E-state index in [0.29, 0.717) is 34.8 Å². The van der Waals surface area contributed by atoms with Gasteiger partial charge in [0, 0.05) is 5.56 Å². The highest BCUT2D eigenvalue weighted by atomic mass is 35.5. The predicted molar refractivity (Wildman–Crippen MR) is 126 cm³/mol. The zero-order valence-electron chi connectivity index (χ0n) is 17.9. The molecular weight excluding hydrogens is 470 g/mol. The Kier molecular flexibility index (Phi) is 8.52. The molecule has 172 valence electrons. The molecule has 0 aliphatic rings. The van der Waals surface area contributed by atoms with Crippen molar-refractivity contribution in [3.8, 4) is 17.2 Å². The molecular formula is C24H21Cl2FN2O4. The van der Waals surface area contributed by atoms with E-state index in [2.05, 4.69) is 10.5 Å².